The number of aromatic hydroxyl groups is 1. The van der Waals surface area contributed by atoms with Crippen molar-refractivity contribution in [1.29, 1.82) is 0 Å². The first-order valence-corrected chi connectivity index (χ1v) is 15.5. The molecule has 16 heteroatoms. The van der Waals surface area contributed by atoms with Gasteiger partial charge in [0.2, 0.25) is 29.4 Å². The van der Waals surface area contributed by atoms with Crippen LogP contribution in [0.2, 0.25) is 0 Å². The summed E-state index contributed by atoms with van der Waals surface area (Å²) in [4.78, 5) is 91.8. The molecule has 0 saturated carbocycles. The smallest absolute Gasteiger partial charge is 0.288 e. The van der Waals surface area contributed by atoms with E-state index < -0.39 is 83.4 Å². The van der Waals surface area contributed by atoms with E-state index in [0.717, 1.165) is 6.20 Å². The number of aliphatic hydroxyl groups excluding tert-OH is 1. The largest absolute Gasteiger partial charge is 0.507 e. The lowest BCUT2D eigenvalue weighted by molar-refractivity contribution is -0.155. The number of hydrogen-bond donors (Lipinski definition) is 9. The second-order valence-electron chi connectivity index (χ2n) is 11.9. The normalized spacial score (nSPS) is 24.3. The van der Waals surface area contributed by atoms with Gasteiger partial charge < -0.3 is 47.6 Å². The number of para-hydroxylation sites is 1. The predicted octanol–water partition coefficient (Wildman–Crippen LogP) is -1.29. The lowest BCUT2D eigenvalue weighted by Crippen LogP contribution is -2.64. The molecule has 0 saturated heterocycles. The number of primary amides is 1. The molecule has 0 unspecified atom stereocenters. The van der Waals surface area contributed by atoms with Crippen LogP contribution in [-0.2, 0) is 45.6 Å². The van der Waals surface area contributed by atoms with Gasteiger partial charge in [-0.3, -0.25) is 33.6 Å². The van der Waals surface area contributed by atoms with E-state index >= 15 is 0 Å². The van der Waals surface area contributed by atoms with Crippen LogP contribution in [0.4, 0.5) is 5.69 Å². The minimum absolute atomic E-state index is 0.0270. The molecule has 0 aliphatic carbocycles. The highest BCUT2D eigenvalue weighted by Crippen LogP contribution is 2.46. The quantitative estimate of drug-likeness (QED) is 0.149. The highest BCUT2D eigenvalue weighted by Gasteiger charge is 2.56. The highest BCUT2D eigenvalue weighted by molar-refractivity contribution is 6.37. The molecule has 49 heavy (non-hydrogen) atoms. The Kier molecular flexibility index (Phi) is 10.8. The van der Waals surface area contributed by atoms with Gasteiger partial charge in [-0.2, -0.15) is 0 Å². The van der Waals surface area contributed by atoms with E-state index in [0.29, 0.717) is 12.0 Å². The molecule has 2 aliphatic heterocycles. The van der Waals surface area contributed by atoms with Crippen LogP contribution >= 0.6 is 0 Å². The summed E-state index contributed by atoms with van der Waals surface area (Å²) in [7, 11) is 0. The number of carbonyl (C=O) groups excluding carboxylic acids is 7. The van der Waals surface area contributed by atoms with Crippen LogP contribution in [0.25, 0.3) is 11.1 Å². The monoisotopic (exact) mass is 678 g/mol. The van der Waals surface area contributed by atoms with Gasteiger partial charge >= 0.3 is 0 Å². The second kappa shape index (κ2) is 14.7. The Labute approximate surface area is 280 Å². The van der Waals surface area contributed by atoms with E-state index in [2.05, 4.69) is 26.6 Å². The third kappa shape index (κ3) is 7.29. The van der Waals surface area contributed by atoms with Crippen molar-refractivity contribution in [2.24, 2.45) is 11.7 Å². The Balaban J connectivity index is 1.93. The number of fused-ring (bicyclic) bond motifs is 3. The molecule has 2 aliphatic rings. The summed E-state index contributed by atoms with van der Waals surface area (Å²) in [5.41, 5.74) is 2.95. The number of ketones is 1. The molecule has 6 bridgehead atoms. The minimum Gasteiger partial charge on any atom is -0.507 e. The van der Waals surface area contributed by atoms with Crippen LogP contribution in [0.5, 0.6) is 5.75 Å². The molecule has 0 spiro atoms. The average molecular weight is 679 g/mol. The van der Waals surface area contributed by atoms with E-state index in [1.165, 1.54) is 49.4 Å². The summed E-state index contributed by atoms with van der Waals surface area (Å²) in [6.45, 7) is 4.79. The maximum Gasteiger partial charge on any atom is 0.288 e. The van der Waals surface area contributed by atoms with Crippen LogP contribution in [0.15, 0.2) is 48.7 Å². The van der Waals surface area contributed by atoms with Gasteiger partial charge in [-0.1, -0.05) is 44.2 Å². The lowest BCUT2D eigenvalue weighted by Gasteiger charge is -2.33. The summed E-state index contributed by atoms with van der Waals surface area (Å²) in [5, 5.41) is 46.0. The van der Waals surface area contributed by atoms with E-state index in [-0.39, 0.29) is 34.5 Å². The molecular weight excluding hydrogens is 640 g/mol. The third-order valence-corrected chi connectivity index (χ3v) is 8.51. The number of allylic oxidation sites excluding steroid dienone is 1. The first-order chi connectivity index (χ1) is 23.1. The number of aliphatic hydroxyl groups is 2. The summed E-state index contributed by atoms with van der Waals surface area (Å²) in [6, 6.07) is 3.02. The summed E-state index contributed by atoms with van der Waals surface area (Å²) >= 11 is 0. The van der Waals surface area contributed by atoms with E-state index in [1.54, 1.807) is 13.8 Å². The van der Waals surface area contributed by atoms with Gasteiger partial charge in [-0.15, -0.1) is 0 Å². The number of nitrogens with one attached hydrogen (secondary N) is 5. The van der Waals surface area contributed by atoms with Gasteiger partial charge in [-0.05, 0) is 37.2 Å². The number of amides is 6. The molecular formula is C33H38N6O10. The number of nitrogens with two attached hydrogens (primary N) is 1. The summed E-state index contributed by atoms with van der Waals surface area (Å²) < 4.78 is 0. The van der Waals surface area contributed by atoms with Crippen LogP contribution < -0.4 is 32.3 Å². The highest BCUT2D eigenvalue weighted by atomic mass is 16.4. The fourth-order valence-corrected chi connectivity index (χ4v) is 5.58. The van der Waals surface area contributed by atoms with E-state index in [1.807, 2.05) is 0 Å². The molecule has 6 atom stereocenters. The SMILES string of the molecule is C/C=C\NC(=O)[C@H]1NC(=O)[C@@H](CC(N)=O)NC(=O)[C@@H](NC(=O)C(=O)[C@@H](C)CC)Cc2ccc(O)c(c2)-c2cccc3c2NC(=O)[C@@]3(O)[C@@H]1O. The molecule has 0 aromatic heterocycles. The summed E-state index contributed by atoms with van der Waals surface area (Å²) in [6.07, 6.45) is -0.553. The number of phenolic OH excluding ortho intramolecular Hbond substituents is 1. The zero-order valence-electron chi connectivity index (χ0n) is 26.9. The van der Waals surface area contributed by atoms with Crippen LogP contribution in [0, 0.1) is 5.92 Å². The van der Waals surface area contributed by atoms with Crippen LogP contribution in [0.1, 0.15) is 44.7 Å². The zero-order valence-corrected chi connectivity index (χ0v) is 26.9. The number of hydrogen-bond acceptors (Lipinski definition) is 10. The fourth-order valence-electron chi connectivity index (χ4n) is 5.58. The van der Waals surface area contributed by atoms with Crippen molar-refractivity contribution in [1.82, 2.24) is 21.3 Å². The Morgan fingerprint density at radius 3 is 2.45 bits per heavy atom. The van der Waals surface area contributed by atoms with Gasteiger partial charge in [0, 0.05) is 29.0 Å². The molecule has 16 nitrogen and oxygen atoms in total. The fraction of sp³-hybridized carbons (Fsp3) is 0.364. The van der Waals surface area contributed by atoms with Crippen LogP contribution in [0.3, 0.4) is 0 Å². The number of phenols is 1. The first-order valence-electron chi connectivity index (χ1n) is 15.5. The minimum atomic E-state index is -2.83. The molecule has 2 aromatic rings. The zero-order chi connectivity index (χ0) is 36.2. The number of carbonyl (C=O) groups is 7. The molecule has 0 radical (unpaired) electrons. The first kappa shape index (κ1) is 36.2. The van der Waals surface area contributed by atoms with Gasteiger partial charge in [0.05, 0.1) is 12.1 Å². The second-order valence-corrected chi connectivity index (χ2v) is 11.9. The van der Waals surface area contributed by atoms with Gasteiger partial charge in [0.1, 0.15) is 30.0 Å². The average Bonchev–Trinajstić information content (AvgIpc) is 3.34. The molecule has 260 valence electrons. The Hall–Kier alpha value is -5.61. The van der Waals surface area contributed by atoms with Crippen molar-refractivity contribution < 1.29 is 48.9 Å². The molecule has 6 amide bonds. The van der Waals surface area contributed by atoms with Crippen molar-refractivity contribution in [3.63, 3.8) is 0 Å². The van der Waals surface area contributed by atoms with Gasteiger partial charge in [-0.25, -0.2) is 0 Å². The lowest BCUT2D eigenvalue weighted by atomic mass is 9.83. The number of Topliss-reactive ketones (excluding diaryl/α,β-unsaturated/α-hetero) is 1. The number of rotatable bonds is 8. The molecule has 2 aromatic carbocycles. The maximum atomic E-state index is 13.7. The Morgan fingerprint density at radius 1 is 1.08 bits per heavy atom. The van der Waals surface area contributed by atoms with Crippen molar-refractivity contribution in [3.8, 4) is 16.9 Å². The topological polar surface area (TPSA) is 266 Å². The van der Waals surface area contributed by atoms with E-state index in [9.17, 15) is 48.9 Å². The molecule has 2 heterocycles. The predicted molar refractivity (Wildman–Crippen MR) is 173 cm³/mol. The van der Waals surface area contributed by atoms with E-state index in [4.69, 9.17) is 5.73 Å². The molecule has 10 N–H and O–H groups in total. The molecule has 4 rings (SSSR count). The van der Waals surface area contributed by atoms with Gasteiger partial charge in [0.25, 0.3) is 11.8 Å². The van der Waals surface area contributed by atoms with Gasteiger partial charge in [0.15, 0.2) is 5.60 Å². The summed E-state index contributed by atoms with van der Waals surface area (Å²) in [5.74, 6) is -8.38. The maximum absolute atomic E-state index is 13.7. The standard InChI is InChI=1S/C33H38N6O10/c1-4-11-35-30(46)25-27(43)33(49)19-8-6-7-17(24(19)39-32(33)48)18-12-16(9-10-22(18)40)13-20(37-31(47)26(42)15(3)5-2)28(44)36-21(14-23(34)41)29(45)38-25/h4,6-12,15,20-21,25,27,40,43,49H,5,13-14H2,1-3H3,(H2,34,41)(H,35,46)(H,36,44)(H,37,47)(H,38,45)(H,39,48)/b11-4-/t15-,20-,21+,25-,27+,33-/m0/s1. The van der Waals surface area contributed by atoms with Crippen molar-refractivity contribution in [3.05, 3.63) is 59.8 Å². The number of benzene rings is 2. The Morgan fingerprint density at radius 2 is 1.80 bits per heavy atom. The van der Waals surface area contributed by atoms with Crippen LogP contribution in [-0.4, -0.2) is 80.8 Å². The number of anilines is 1. The third-order valence-electron chi connectivity index (χ3n) is 8.51. The Bertz CT molecular complexity index is 1740. The van der Waals surface area contributed by atoms with Crippen molar-refractivity contribution >= 4 is 46.9 Å². The molecule has 0 fully saturated rings. The van der Waals surface area contributed by atoms with Crippen molar-refractivity contribution in [2.45, 2.75) is 69.9 Å². The van der Waals surface area contributed by atoms with Crippen molar-refractivity contribution in [2.75, 3.05) is 5.32 Å².